The lowest BCUT2D eigenvalue weighted by molar-refractivity contribution is 0.265. The number of rotatable bonds is 7. The van der Waals surface area contributed by atoms with Crippen molar-refractivity contribution in [1.82, 2.24) is 5.01 Å². The molecule has 0 aliphatic heterocycles. The molecule has 0 aromatic heterocycles. The van der Waals surface area contributed by atoms with E-state index < -0.39 is 0 Å². The molecule has 0 aliphatic rings. The Kier molecular flexibility index (Phi) is 14.7. The van der Waals surface area contributed by atoms with E-state index in [1.807, 2.05) is 13.8 Å². The van der Waals surface area contributed by atoms with Crippen molar-refractivity contribution in [3.63, 3.8) is 0 Å². The first-order valence-corrected chi connectivity index (χ1v) is 5.80. The first kappa shape index (κ1) is 16.7. The number of nitrogens with two attached hydrogens (primary N) is 2. The number of hydrogen-bond acceptors (Lipinski definition) is 4. The lowest BCUT2D eigenvalue weighted by atomic mass is 10.2. The van der Waals surface area contributed by atoms with Gasteiger partial charge in [0, 0.05) is 31.5 Å². The molecule has 5 N–H and O–H groups in total. The van der Waals surface area contributed by atoms with Gasteiger partial charge in [0.05, 0.1) is 0 Å². The molecule has 0 spiro atoms. The van der Waals surface area contributed by atoms with Gasteiger partial charge in [0.15, 0.2) is 0 Å². The number of hydrazine groups is 1. The topological polar surface area (TPSA) is 75.5 Å². The minimum absolute atomic E-state index is 0.0878. The molecule has 4 nitrogen and oxygen atoms in total. The molecule has 0 saturated heterocycles. The molecule has 0 radical (unpaired) electrons. The van der Waals surface area contributed by atoms with Crippen LogP contribution in [-0.4, -0.2) is 23.3 Å². The summed E-state index contributed by atoms with van der Waals surface area (Å²) in [7, 11) is 0. The lowest BCUT2D eigenvalue weighted by Gasteiger charge is -2.20. The maximum Gasteiger partial charge on any atom is 0.0486 e. The van der Waals surface area contributed by atoms with E-state index in [2.05, 4.69) is 6.92 Å². The number of unbranched alkanes of at least 4 members (excludes halogenated alkanes) is 2. The Bertz CT molecular complexity index is 149. The average Bonchev–Trinajstić information content (AvgIpc) is 2.28. The van der Waals surface area contributed by atoms with Crippen LogP contribution in [0.2, 0.25) is 0 Å². The minimum Gasteiger partial charge on any atom is -0.403 e. The molecule has 0 fully saturated rings. The standard InChI is InChI=1S/C9H21N3O.C2H6/c1-2-3-4-6-12(11)9(8-10)5-7-13;1-2/h8,13H,2-7,10-11H2,1H3;1-2H3/b9-8-;. The van der Waals surface area contributed by atoms with E-state index in [0.29, 0.717) is 6.42 Å². The van der Waals surface area contributed by atoms with Crippen molar-refractivity contribution in [2.24, 2.45) is 11.6 Å². The summed E-state index contributed by atoms with van der Waals surface area (Å²) >= 11 is 0. The molecule has 0 aliphatic carbocycles. The first-order chi connectivity index (χ1) is 7.26. The molecule has 0 bridgehead atoms. The third-order valence-electron chi connectivity index (χ3n) is 1.93. The molecule has 4 heteroatoms. The molecular formula is C11H27N3O. The van der Waals surface area contributed by atoms with Crippen molar-refractivity contribution in [1.29, 1.82) is 0 Å². The van der Waals surface area contributed by atoms with Gasteiger partial charge in [0.2, 0.25) is 0 Å². The molecule has 92 valence electrons. The van der Waals surface area contributed by atoms with E-state index in [1.165, 1.54) is 19.0 Å². The van der Waals surface area contributed by atoms with E-state index in [-0.39, 0.29) is 6.61 Å². The van der Waals surface area contributed by atoms with Crippen molar-refractivity contribution < 1.29 is 5.11 Å². The molecule has 0 unspecified atom stereocenters. The van der Waals surface area contributed by atoms with Gasteiger partial charge in [-0.3, -0.25) is 0 Å². The maximum absolute atomic E-state index is 8.71. The highest BCUT2D eigenvalue weighted by Gasteiger charge is 2.02. The van der Waals surface area contributed by atoms with Gasteiger partial charge in [0.25, 0.3) is 0 Å². The third-order valence-corrected chi connectivity index (χ3v) is 1.93. The predicted molar refractivity (Wildman–Crippen MR) is 65.7 cm³/mol. The molecule has 0 aromatic carbocycles. The van der Waals surface area contributed by atoms with E-state index in [4.69, 9.17) is 16.7 Å². The predicted octanol–water partition coefficient (Wildman–Crippen LogP) is 1.56. The lowest BCUT2D eigenvalue weighted by Crippen LogP contribution is -2.32. The molecule has 0 amide bonds. The average molecular weight is 217 g/mol. The maximum atomic E-state index is 8.71. The van der Waals surface area contributed by atoms with Gasteiger partial charge >= 0.3 is 0 Å². The SMILES string of the molecule is CC.CCCCCN(N)/C(=C\N)CCO. The monoisotopic (exact) mass is 217 g/mol. The molecular weight excluding hydrogens is 190 g/mol. The Morgan fingerprint density at radius 3 is 2.33 bits per heavy atom. The van der Waals surface area contributed by atoms with Gasteiger partial charge in [-0.1, -0.05) is 33.6 Å². The summed E-state index contributed by atoms with van der Waals surface area (Å²) in [6.07, 6.45) is 5.40. The fourth-order valence-corrected chi connectivity index (χ4v) is 1.11. The van der Waals surface area contributed by atoms with Crippen LogP contribution in [0.4, 0.5) is 0 Å². The second-order valence-electron chi connectivity index (χ2n) is 3.03. The van der Waals surface area contributed by atoms with Crippen molar-refractivity contribution in [3.8, 4) is 0 Å². The van der Waals surface area contributed by atoms with Gasteiger partial charge in [-0.15, -0.1) is 0 Å². The van der Waals surface area contributed by atoms with Crippen LogP contribution in [0.15, 0.2) is 11.9 Å². The van der Waals surface area contributed by atoms with E-state index in [9.17, 15) is 0 Å². The van der Waals surface area contributed by atoms with Crippen LogP contribution in [0.5, 0.6) is 0 Å². The normalized spacial score (nSPS) is 10.6. The summed E-state index contributed by atoms with van der Waals surface area (Å²) in [5.74, 6) is 5.73. The Labute approximate surface area is 93.9 Å². The van der Waals surface area contributed by atoms with Crippen LogP contribution in [0.1, 0.15) is 46.5 Å². The zero-order chi connectivity index (χ0) is 12.1. The van der Waals surface area contributed by atoms with Gasteiger partial charge in [0.1, 0.15) is 0 Å². The van der Waals surface area contributed by atoms with E-state index in [0.717, 1.165) is 18.7 Å². The highest BCUT2D eigenvalue weighted by atomic mass is 16.3. The number of hydrogen-bond donors (Lipinski definition) is 3. The number of aliphatic hydroxyl groups excluding tert-OH is 1. The minimum atomic E-state index is 0.0878. The Morgan fingerprint density at radius 2 is 1.93 bits per heavy atom. The highest BCUT2D eigenvalue weighted by Crippen LogP contribution is 2.04. The largest absolute Gasteiger partial charge is 0.403 e. The summed E-state index contributed by atoms with van der Waals surface area (Å²) in [4.78, 5) is 0. The van der Waals surface area contributed by atoms with Crippen molar-refractivity contribution >= 4 is 0 Å². The summed E-state index contributed by atoms with van der Waals surface area (Å²) < 4.78 is 0. The van der Waals surface area contributed by atoms with E-state index >= 15 is 0 Å². The van der Waals surface area contributed by atoms with Crippen molar-refractivity contribution in [3.05, 3.63) is 11.9 Å². The van der Waals surface area contributed by atoms with Crippen LogP contribution in [0, 0.1) is 0 Å². The second-order valence-corrected chi connectivity index (χ2v) is 3.03. The summed E-state index contributed by atoms with van der Waals surface area (Å²) in [6, 6.07) is 0. The van der Waals surface area contributed by atoms with Crippen LogP contribution in [0.3, 0.4) is 0 Å². The summed E-state index contributed by atoms with van der Waals surface area (Å²) in [6.45, 7) is 7.04. The molecule has 0 atom stereocenters. The molecule has 15 heavy (non-hydrogen) atoms. The molecule has 0 heterocycles. The van der Waals surface area contributed by atoms with Gasteiger partial charge in [-0.05, 0) is 6.42 Å². The zero-order valence-corrected chi connectivity index (χ0v) is 10.4. The highest BCUT2D eigenvalue weighted by molar-refractivity contribution is 4.96. The van der Waals surface area contributed by atoms with Crippen LogP contribution < -0.4 is 11.6 Å². The molecule has 0 saturated carbocycles. The second kappa shape index (κ2) is 13.3. The van der Waals surface area contributed by atoms with Crippen LogP contribution in [0.25, 0.3) is 0 Å². The summed E-state index contributed by atoms with van der Waals surface area (Å²) in [5.41, 5.74) is 6.17. The smallest absolute Gasteiger partial charge is 0.0486 e. The molecule has 0 rings (SSSR count). The van der Waals surface area contributed by atoms with Gasteiger partial charge in [-0.2, -0.15) is 0 Å². The zero-order valence-electron chi connectivity index (χ0n) is 10.4. The number of aliphatic hydroxyl groups is 1. The van der Waals surface area contributed by atoms with Crippen molar-refractivity contribution in [2.75, 3.05) is 13.2 Å². The van der Waals surface area contributed by atoms with Gasteiger partial charge in [-0.25, -0.2) is 5.84 Å². The Hall–Kier alpha value is -0.740. The summed E-state index contributed by atoms with van der Waals surface area (Å²) in [5, 5.41) is 10.3. The van der Waals surface area contributed by atoms with Crippen LogP contribution in [-0.2, 0) is 0 Å². The fourth-order valence-electron chi connectivity index (χ4n) is 1.11. The Morgan fingerprint density at radius 1 is 1.33 bits per heavy atom. The van der Waals surface area contributed by atoms with Crippen molar-refractivity contribution in [2.45, 2.75) is 46.5 Å². The quantitative estimate of drug-likeness (QED) is 0.344. The van der Waals surface area contributed by atoms with Gasteiger partial charge < -0.3 is 15.8 Å². The fraction of sp³-hybridized carbons (Fsp3) is 0.818. The van der Waals surface area contributed by atoms with E-state index in [1.54, 1.807) is 5.01 Å². The third kappa shape index (κ3) is 9.56. The van der Waals surface area contributed by atoms with Crippen LogP contribution >= 0.6 is 0 Å². The Balaban J connectivity index is 0. The number of nitrogens with zero attached hydrogens (tertiary/aromatic N) is 1. The molecule has 0 aromatic rings. The first-order valence-electron chi connectivity index (χ1n) is 5.80.